The second-order valence-electron chi connectivity index (χ2n) is 4.68. The molecule has 0 saturated heterocycles. The maximum atomic E-state index is 8.74. The van der Waals surface area contributed by atoms with Gasteiger partial charge in [-0.05, 0) is 36.5 Å². The number of nitriles is 1. The van der Waals surface area contributed by atoms with E-state index in [-0.39, 0.29) is 0 Å². The normalized spacial score (nSPS) is 16.6. The Morgan fingerprint density at radius 3 is 2.94 bits per heavy atom. The van der Waals surface area contributed by atoms with Gasteiger partial charge in [-0.2, -0.15) is 5.26 Å². The summed E-state index contributed by atoms with van der Waals surface area (Å²) in [6.45, 7) is 1.44. The maximum absolute atomic E-state index is 8.74. The Morgan fingerprint density at radius 2 is 2.18 bits per heavy atom. The lowest BCUT2D eigenvalue weighted by atomic mass is 9.90. The van der Waals surface area contributed by atoms with Crippen molar-refractivity contribution in [3.63, 3.8) is 0 Å². The minimum absolute atomic E-state index is 0.462. The van der Waals surface area contributed by atoms with Crippen molar-refractivity contribution in [2.24, 2.45) is 5.92 Å². The fourth-order valence-corrected chi connectivity index (χ4v) is 2.32. The van der Waals surface area contributed by atoms with E-state index < -0.39 is 0 Å². The van der Waals surface area contributed by atoms with E-state index in [0.29, 0.717) is 12.3 Å². The molecule has 0 radical (unpaired) electrons. The van der Waals surface area contributed by atoms with Crippen molar-refractivity contribution in [3.05, 3.63) is 29.6 Å². The summed E-state index contributed by atoms with van der Waals surface area (Å²) in [6.07, 6.45) is 8.35. The van der Waals surface area contributed by atoms with Gasteiger partial charge in [-0.3, -0.25) is 0 Å². The fraction of sp³-hybridized carbons (Fsp3) is 0.571. The maximum Gasteiger partial charge on any atom is 0.140 e. The van der Waals surface area contributed by atoms with Crippen LogP contribution in [0, 0.1) is 17.2 Å². The fourth-order valence-electron chi connectivity index (χ4n) is 2.32. The van der Waals surface area contributed by atoms with Gasteiger partial charge in [0.1, 0.15) is 11.8 Å². The van der Waals surface area contributed by atoms with Crippen LogP contribution in [0.4, 0.5) is 0 Å². The smallest absolute Gasteiger partial charge is 0.140 e. The van der Waals surface area contributed by atoms with E-state index in [1.54, 1.807) is 12.3 Å². The van der Waals surface area contributed by atoms with Crippen LogP contribution in [0.1, 0.15) is 43.4 Å². The third-order valence-corrected chi connectivity index (χ3v) is 3.29. The Bertz CT molecular complexity index is 391. The van der Waals surface area contributed by atoms with Gasteiger partial charge in [0.2, 0.25) is 0 Å². The summed E-state index contributed by atoms with van der Waals surface area (Å²) < 4.78 is 5.72. The van der Waals surface area contributed by atoms with Crippen LogP contribution in [0.5, 0.6) is 0 Å². The average molecular weight is 230 g/mol. The molecule has 0 spiro atoms. The van der Waals surface area contributed by atoms with Crippen molar-refractivity contribution >= 4 is 0 Å². The number of rotatable bonds is 4. The highest BCUT2D eigenvalue weighted by molar-refractivity contribution is 5.24. The van der Waals surface area contributed by atoms with Gasteiger partial charge in [-0.1, -0.05) is 19.3 Å². The molecule has 1 saturated carbocycles. The molecule has 1 aromatic heterocycles. The Morgan fingerprint density at radius 1 is 1.35 bits per heavy atom. The van der Waals surface area contributed by atoms with Crippen LogP contribution < -0.4 is 0 Å². The molecule has 1 aromatic rings. The highest BCUT2D eigenvalue weighted by Crippen LogP contribution is 2.23. The van der Waals surface area contributed by atoms with Gasteiger partial charge in [0, 0.05) is 12.8 Å². The van der Waals surface area contributed by atoms with Gasteiger partial charge in [0.05, 0.1) is 6.61 Å². The highest BCUT2D eigenvalue weighted by atomic mass is 16.5. The van der Waals surface area contributed by atoms with E-state index in [9.17, 15) is 0 Å². The number of hydrogen-bond acceptors (Lipinski definition) is 3. The van der Waals surface area contributed by atoms with Crippen molar-refractivity contribution in [3.8, 4) is 6.07 Å². The van der Waals surface area contributed by atoms with E-state index in [0.717, 1.165) is 18.1 Å². The van der Waals surface area contributed by atoms with Gasteiger partial charge in [-0.25, -0.2) is 4.98 Å². The summed E-state index contributed by atoms with van der Waals surface area (Å²) in [4.78, 5) is 3.94. The summed E-state index contributed by atoms with van der Waals surface area (Å²) >= 11 is 0. The van der Waals surface area contributed by atoms with Gasteiger partial charge in [0.25, 0.3) is 0 Å². The largest absolute Gasteiger partial charge is 0.376 e. The van der Waals surface area contributed by atoms with Crippen molar-refractivity contribution in [2.75, 3.05) is 6.61 Å². The monoisotopic (exact) mass is 230 g/mol. The molecule has 0 unspecified atom stereocenters. The average Bonchev–Trinajstić information content (AvgIpc) is 2.40. The number of pyridine rings is 1. The number of aromatic nitrogens is 1. The predicted octanol–water partition coefficient (Wildman–Crippen LogP) is 3.05. The molecular weight excluding hydrogens is 212 g/mol. The Kier molecular flexibility index (Phi) is 4.52. The van der Waals surface area contributed by atoms with Gasteiger partial charge < -0.3 is 4.74 Å². The van der Waals surface area contributed by atoms with Crippen molar-refractivity contribution in [1.82, 2.24) is 4.98 Å². The van der Waals surface area contributed by atoms with Crippen LogP contribution in [0.15, 0.2) is 18.3 Å². The first-order valence-electron chi connectivity index (χ1n) is 6.31. The Balaban J connectivity index is 1.75. The summed E-state index contributed by atoms with van der Waals surface area (Å²) in [5.41, 5.74) is 1.50. The first kappa shape index (κ1) is 12.1. The van der Waals surface area contributed by atoms with Crippen LogP contribution in [0.25, 0.3) is 0 Å². The molecular formula is C14H18N2O. The molecule has 17 heavy (non-hydrogen) atoms. The molecule has 0 aromatic carbocycles. The minimum Gasteiger partial charge on any atom is -0.376 e. The number of nitrogens with zero attached hydrogens (tertiary/aromatic N) is 2. The van der Waals surface area contributed by atoms with Crippen LogP contribution >= 0.6 is 0 Å². The molecule has 0 aliphatic heterocycles. The zero-order valence-electron chi connectivity index (χ0n) is 10.1. The molecule has 3 nitrogen and oxygen atoms in total. The van der Waals surface area contributed by atoms with Crippen molar-refractivity contribution in [1.29, 1.82) is 5.26 Å². The summed E-state index contributed by atoms with van der Waals surface area (Å²) in [6, 6.07) is 5.74. The summed E-state index contributed by atoms with van der Waals surface area (Å²) in [7, 11) is 0. The van der Waals surface area contributed by atoms with E-state index in [1.807, 2.05) is 12.1 Å². The molecule has 2 rings (SSSR count). The third-order valence-electron chi connectivity index (χ3n) is 3.29. The third kappa shape index (κ3) is 3.83. The van der Waals surface area contributed by atoms with Crippen molar-refractivity contribution < 1.29 is 4.74 Å². The molecule has 0 N–H and O–H groups in total. The Labute approximate surface area is 102 Å². The molecule has 0 bridgehead atoms. The zero-order valence-corrected chi connectivity index (χ0v) is 10.1. The highest BCUT2D eigenvalue weighted by Gasteiger charge is 2.13. The van der Waals surface area contributed by atoms with E-state index in [2.05, 4.69) is 4.98 Å². The SMILES string of the molecule is N#Cc1cc(COCC2CCCCC2)ccn1. The van der Waals surface area contributed by atoms with Crippen LogP contribution in [0.3, 0.4) is 0 Å². The van der Waals surface area contributed by atoms with E-state index in [4.69, 9.17) is 10.00 Å². The van der Waals surface area contributed by atoms with E-state index in [1.165, 1.54) is 32.1 Å². The minimum atomic E-state index is 0.462. The number of hydrogen-bond donors (Lipinski definition) is 0. The van der Waals surface area contributed by atoms with Crippen molar-refractivity contribution in [2.45, 2.75) is 38.7 Å². The van der Waals surface area contributed by atoms with Gasteiger partial charge >= 0.3 is 0 Å². The lowest BCUT2D eigenvalue weighted by molar-refractivity contribution is 0.0739. The summed E-state index contributed by atoms with van der Waals surface area (Å²) in [5.74, 6) is 0.737. The first-order valence-corrected chi connectivity index (χ1v) is 6.31. The molecule has 0 amide bonds. The van der Waals surface area contributed by atoms with Crippen LogP contribution in [-0.2, 0) is 11.3 Å². The topological polar surface area (TPSA) is 45.9 Å². The summed E-state index contributed by atoms with van der Waals surface area (Å²) in [5, 5.41) is 8.74. The quantitative estimate of drug-likeness (QED) is 0.798. The van der Waals surface area contributed by atoms with E-state index >= 15 is 0 Å². The zero-order chi connectivity index (χ0) is 11.9. The lowest BCUT2D eigenvalue weighted by Crippen LogP contribution is -2.13. The second-order valence-corrected chi connectivity index (χ2v) is 4.68. The molecule has 1 aliphatic carbocycles. The predicted molar refractivity (Wildman–Crippen MR) is 65.2 cm³/mol. The number of ether oxygens (including phenoxy) is 1. The molecule has 90 valence electrons. The van der Waals surface area contributed by atoms with Crippen LogP contribution in [-0.4, -0.2) is 11.6 Å². The molecule has 3 heteroatoms. The lowest BCUT2D eigenvalue weighted by Gasteiger charge is -2.21. The standard InChI is InChI=1S/C14H18N2O/c15-9-14-8-13(6-7-16-14)11-17-10-12-4-2-1-3-5-12/h6-8,12H,1-5,10-11H2. The van der Waals surface area contributed by atoms with Gasteiger partial charge in [0.15, 0.2) is 0 Å². The van der Waals surface area contributed by atoms with Gasteiger partial charge in [-0.15, -0.1) is 0 Å². The Hall–Kier alpha value is -1.40. The molecule has 1 aliphatic rings. The molecule has 1 heterocycles. The second kappa shape index (κ2) is 6.36. The molecule has 0 atom stereocenters. The first-order chi connectivity index (χ1) is 8.38. The van der Waals surface area contributed by atoms with Crippen LogP contribution in [0.2, 0.25) is 0 Å². The molecule has 1 fully saturated rings.